The summed E-state index contributed by atoms with van der Waals surface area (Å²) in [6.45, 7) is 0.700. The zero-order valence-corrected chi connectivity index (χ0v) is 17.5. The normalized spacial score (nSPS) is 29.0. The molecule has 30 heavy (non-hydrogen) atoms. The quantitative estimate of drug-likeness (QED) is 0.704. The number of carbonyl (C=O) groups excluding carboxylic acids is 1. The first-order valence-electron chi connectivity index (χ1n) is 10.7. The Hall–Kier alpha value is -2.40. The fraction of sp³-hybridized carbons (Fsp3) is 0.458. The lowest BCUT2D eigenvalue weighted by molar-refractivity contribution is -0.0503. The molecule has 4 bridgehead atoms. The number of amides is 1. The van der Waals surface area contributed by atoms with E-state index < -0.39 is 5.97 Å². The number of hydrogen-bond acceptors (Lipinski definition) is 3. The van der Waals surface area contributed by atoms with Crippen LogP contribution in [0.2, 0.25) is 5.02 Å². The molecular formula is C24H25ClN2O3. The number of hydrogen-bond donors (Lipinski definition) is 2. The average Bonchev–Trinajstić information content (AvgIpc) is 2.71. The first kappa shape index (κ1) is 19.6. The van der Waals surface area contributed by atoms with Crippen molar-refractivity contribution in [3.8, 4) is 11.1 Å². The standard InChI is InChI=1S/C24H25ClN2O3/c25-21-2-1-17(18-3-4-26-12-20(18)23(29)30)8-19(21)22(28)27-13-24-9-14-5-15(10-24)7-16(6-14)11-24/h1-4,8,12,14-16H,5-7,9-11,13H2,(H,27,28)(H,29,30). The summed E-state index contributed by atoms with van der Waals surface area (Å²) >= 11 is 6.35. The highest BCUT2D eigenvalue weighted by Crippen LogP contribution is 2.59. The maximum Gasteiger partial charge on any atom is 0.337 e. The van der Waals surface area contributed by atoms with Crippen molar-refractivity contribution in [1.82, 2.24) is 10.3 Å². The fourth-order valence-electron chi connectivity index (χ4n) is 6.55. The van der Waals surface area contributed by atoms with Crippen molar-refractivity contribution in [3.05, 3.63) is 52.8 Å². The molecule has 4 aliphatic carbocycles. The number of carboxylic acid groups (broad SMARTS) is 1. The third-order valence-electron chi connectivity index (χ3n) is 7.36. The van der Waals surface area contributed by atoms with Gasteiger partial charge in [-0.15, -0.1) is 0 Å². The van der Waals surface area contributed by atoms with Crippen LogP contribution in [0.5, 0.6) is 0 Å². The maximum atomic E-state index is 13.0. The number of carboxylic acids is 1. The monoisotopic (exact) mass is 424 g/mol. The van der Waals surface area contributed by atoms with E-state index in [9.17, 15) is 14.7 Å². The SMILES string of the molecule is O=C(NCC12CC3CC(CC(C3)C1)C2)c1cc(-c2ccncc2C(=O)O)ccc1Cl. The Morgan fingerprint density at radius 3 is 2.37 bits per heavy atom. The fourth-order valence-corrected chi connectivity index (χ4v) is 6.76. The Balaban J connectivity index is 1.37. The molecule has 6 heteroatoms. The summed E-state index contributed by atoms with van der Waals surface area (Å²) < 4.78 is 0. The summed E-state index contributed by atoms with van der Waals surface area (Å²) in [5.41, 5.74) is 1.88. The van der Waals surface area contributed by atoms with E-state index in [1.165, 1.54) is 44.7 Å². The number of benzene rings is 1. The van der Waals surface area contributed by atoms with E-state index in [0.717, 1.165) is 17.8 Å². The van der Waals surface area contributed by atoms with E-state index in [4.69, 9.17) is 11.6 Å². The van der Waals surface area contributed by atoms with Crippen LogP contribution >= 0.6 is 11.6 Å². The third kappa shape index (κ3) is 3.49. The number of rotatable bonds is 5. The van der Waals surface area contributed by atoms with Crippen LogP contribution in [0, 0.1) is 23.2 Å². The van der Waals surface area contributed by atoms with Crippen LogP contribution in [-0.4, -0.2) is 28.5 Å². The lowest BCUT2D eigenvalue weighted by atomic mass is 9.49. The van der Waals surface area contributed by atoms with E-state index in [2.05, 4.69) is 10.3 Å². The van der Waals surface area contributed by atoms with Crippen molar-refractivity contribution in [2.45, 2.75) is 38.5 Å². The zero-order valence-electron chi connectivity index (χ0n) is 16.7. The minimum atomic E-state index is -1.05. The van der Waals surface area contributed by atoms with E-state index in [1.54, 1.807) is 30.5 Å². The molecule has 0 radical (unpaired) electrons. The second-order valence-corrected chi connectivity index (χ2v) is 9.93. The van der Waals surface area contributed by atoms with Gasteiger partial charge in [0.2, 0.25) is 0 Å². The maximum absolute atomic E-state index is 13.0. The van der Waals surface area contributed by atoms with Gasteiger partial charge in [-0.2, -0.15) is 0 Å². The molecule has 0 spiro atoms. The number of halogens is 1. The minimum absolute atomic E-state index is 0.0970. The van der Waals surface area contributed by atoms with Gasteiger partial charge in [0.05, 0.1) is 16.1 Å². The van der Waals surface area contributed by atoms with Crippen LogP contribution in [0.25, 0.3) is 11.1 Å². The average molecular weight is 425 g/mol. The van der Waals surface area contributed by atoms with Crippen molar-refractivity contribution >= 4 is 23.5 Å². The van der Waals surface area contributed by atoms with Gasteiger partial charge in [-0.25, -0.2) is 4.79 Å². The largest absolute Gasteiger partial charge is 0.478 e. The number of aromatic nitrogens is 1. The Morgan fingerprint density at radius 1 is 1.07 bits per heavy atom. The summed E-state index contributed by atoms with van der Waals surface area (Å²) in [4.78, 5) is 28.5. The third-order valence-corrected chi connectivity index (χ3v) is 7.69. The Kier molecular flexibility index (Phi) is 4.81. The van der Waals surface area contributed by atoms with E-state index in [1.807, 2.05) is 0 Å². The molecule has 156 valence electrons. The van der Waals surface area contributed by atoms with Gasteiger partial charge in [0.15, 0.2) is 0 Å². The van der Waals surface area contributed by atoms with Crippen LogP contribution in [0.15, 0.2) is 36.7 Å². The summed E-state index contributed by atoms with van der Waals surface area (Å²) in [6, 6.07) is 6.71. The first-order valence-corrected chi connectivity index (χ1v) is 11.1. The molecule has 0 unspecified atom stereocenters. The number of pyridine rings is 1. The Labute approximate surface area is 180 Å². The van der Waals surface area contributed by atoms with Crippen LogP contribution in [0.3, 0.4) is 0 Å². The van der Waals surface area contributed by atoms with Gasteiger partial charge in [-0.3, -0.25) is 9.78 Å². The molecule has 6 rings (SSSR count). The van der Waals surface area contributed by atoms with Gasteiger partial charge < -0.3 is 10.4 Å². The minimum Gasteiger partial charge on any atom is -0.478 e. The van der Waals surface area contributed by atoms with Gasteiger partial charge in [0.25, 0.3) is 5.91 Å². The van der Waals surface area contributed by atoms with Crippen molar-refractivity contribution in [1.29, 1.82) is 0 Å². The van der Waals surface area contributed by atoms with E-state index >= 15 is 0 Å². The van der Waals surface area contributed by atoms with Crippen molar-refractivity contribution < 1.29 is 14.7 Å². The van der Waals surface area contributed by atoms with Crippen molar-refractivity contribution in [2.75, 3.05) is 6.54 Å². The number of aromatic carboxylic acids is 1. The molecule has 0 aliphatic heterocycles. The lowest BCUT2D eigenvalue weighted by Gasteiger charge is -2.56. The highest BCUT2D eigenvalue weighted by Gasteiger charge is 2.50. The van der Waals surface area contributed by atoms with Crippen LogP contribution in [0.1, 0.15) is 59.2 Å². The molecule has 5 nitrogen and oxygen atoms in total. The van der Waals surface area contributed by atoms with Crippen molar-refractivity contribution in [3.63, 3.8) is 0 Å². The molecule has 4 aliphatic rings. The van der Waals surface area contributed by atoms with Crippen LogP contribution < -0.4 is 5.32 Å². The van der Waals surface area contributed by atoms with Crippen molar-refractivity contribution in [2.24, 2.45) is 23.2 Å². The molecule has 1 aromatic heterocycles. The van der Waals surface area contributed by atoms with Crippen LogP contribution in [0.4, 0.5) is 0 Å². The Bertz CT molecular complexity index is 984. The van der Waals surface area contributed by atoms with Gasteiger partial charge in [-0.05, 0) is 91.0 Å². The second kappa shape index (κ2) is 7.38. The van der Waals surface area contributed by atoms with E-state index in [-0.39, 0.29) is 16.9 Å². The summed E-state index contributed by atoms with van der Waals surface area (Å²) in [5, 5.41) is 13.0. The highest BCUT2D eigenvalue weighted by molar-refractivity contribution is 6.34. The molecule has 0 saturated heterocycles. The second-order valence-electron chi connectivity index (χ2n) is 9.52. The van der Waals surface area contributed by atoms with E-state index in [0.29, 0.717) is 28.3 Å². The number of carbonyl (C=O) groups is 2. The molecule has 4 fully saturated rings. The zero-order chi connectivity index (χ0) is 20.9. The molecular weight excluding hydrogens is 400 g/mol. The molecule has 1 aromatic carbocycles. The predicted octanol–water partition coefficient (Wildman–Crippen LogP) is 5.05. The summed E-state index contributed by atoms with van der Waals surface area (Å²) in [7, 11) is 0. The highest BCUT2D eigenvalue weighted by atomic mass is 35.5. The molecule has 1 heterocycles. The number of nitrogens with one attached hydrogen (secondary N) is 1. The molecule has 0 atom stereocenters. The molecule has 1 amide bonds. The molecule has 2 aromatic rings. The lowest BCUT2D eigenvalue weighted by Crippen LogP contribution is -2.51. The number of nitrogens with zero attached hydrogens (tertiary/aromatic N) is 1. The van der Waals surface area contributed by atoms with Crippen LogP contribution in [-0.2, 0) is 0 Å². The first-order chi connectivity index (χ1) is 14.4. The molecule has 2 N–H and O–H groups in total. The van der Waals surface area contributed by atoms with Gasteiger partial charge in [0, 0.05) is 18.9 Å². The predicted molar refractivity (Wildman–Crippen MR) is 115 cm³/mol. The van der Waals surface area contributed by atoms with Gasteiger partial charge >= 0.3 is 5.97 Å². The Morgan fingerprint density at radius 2 is 1.73 bits per heavy atom. The summed E-state index contributed by atoms with van der Waals surface area (Å²) in [5.74, 6) is 1.26. The van der Waals surface area contributed by atoms with Gasteiger partial charge in [-0.1, -0.05) is 17.7 Å². The topological polar surface area (TPSA) is 79.3 Å². The smallest absolute Gasteiger partial charge is 0.337 e. The summed E-state index contributed by atoms with van der Waals surface area (Å²) in [6.07, 6.45) is 10.7. The van der Waals surface area contributed by atoms with Gasteiger partial charge in [0.1, 0.15) is 0 Å². The molecule has 4 saturated carbocycles.